The molecule has 9 heteroatoms. The molecule has 0 atom stereocenters. The van der Waals surface area contributed by atoms with Crippen molar-refractivity contribution >= 4 is 46.5 Å². The van der Waals surface area contributed by atoms with Crippen LogP contribution in [-0.2, 0) is 19.1 Å². The second-order valence-corrected chi connectivity index (χ2v) is 7.37. The highest BCUT2D eigenvalue weighted by atomic mass is 127. The van der Waals surface area contributed by atoms with E-state index >= 15 is 0 Å². The lowest BCUT2D eigenvalue weighted by atomic mass is 10.1. The number of ether oxygens (including phenoxy) is 4. The molecule has 3 rings (SSSR count). The van der Waals surface area contributed by atoms with Crippen molar-refractivity contribution < 1.29 is 32.9 Å². The number of cyclic esters (lactones) is 1. The van der Waals surface area contributed by atoms with E-state index in [9.17, 15) is 14.0 Å². The van der Waals surface area contributed by atoms with Gasteiger partial charge in [0.2, 0.25) is 5.90 Å². The maximum atomic E-state index is 13.5. The third kappa shape index (κ3) is 5.81. The number of carbonyl (C=O) groups excluding carboxylic acids is 2. The molecule has 1 aliphatic heterocycles. The van der Waals surface area contributed by atoms with Crippen molar-refractivity contribution in [1.82, 2.24) is 0 Å². The van der Waals surface area contributed by atoms with Crippen LogP contribution in [0.25, 0.3) is 6.08 Å². The summed E-state index contributed by atoms with van der Waals surface area (Å²) >= 11 is 2.05. The van der Waals surface area contributed by atoms with Gasteiger partial charge in [-0.3, -0.25) is 0 Å². The molecular weight excluding hydrogens is 520 g/mol. The zero-order chi connectivity index (χ0) is 22.4. The van der Waals surface area contributed by atoms with Gasteiger partial charge in [-0.25, -0.2) is 19.0 Å². The van der Waals surface area contributed by atoms with Gasteiger partial charge in [-0.05, 0) is 78.4 Å². The normalized spacial score (nSPS) is 14.3. The molecule has 2 aromatic rings. The van der Waals surface area contributed by atoms with Crippen molar-refractivity contribution in [2.24, 2.45) is 4.99 Å². The van der Waals surface area contributed by atoms with E-state index in [2.05, 4.69) is 4.99 Å². The molecule has 2 aromatic carbocycles. The molecule has 0 amide bonds. The van der Waals surface area contributed by atoms with Crippen LogP contribution in [-0.4, -0.2) is 37.7 Å². The van der Waals surface area contributed by atoms with Gasteiger partial charge in [-0.2, -0.15) is 0 Å². The summed E-state index contributed by atoms with van der Waals surface area (Å²) < 4.78 is 35.4. The number of hydrogen-bond acceptors (Lipinski definition) is 7. The Kier molecular flexibility index (Phi) is 7.61. The Hall–Kier alpha value is -2.95. The number of nitrogens with zero attached hydrogens (tertiary/aromatic N) is 1. The summed E-state index contributed by atoms with van der Waals surface area (Å²) in [6.45, 7) is 3.91. The summed E-state index contributed by atoms with van der Waals surface area (Å²) in [5.74, 6) is -0.746. The number of carbonyl (C=O) groups is 2. The number of hydrogen-bond donors (Lipinski definition) is 0. The molecule has 0 unspecified atom stereocenters. The molecule has 1 aliphatic rings. The van der Waals surface area contributed by atoms with Crippen LogP contribution in [0.2, 0.25) is 0 Å². The molecule has 162 valence electrons. The molecule has 1 heterocycles. The molecule has 0 saturated carbocycles. The van der Waals surface area contributed by atoms with Gasteiger partial charge in [0.25, 0.3) is 0 Å². The Bertz CT molecular complexity index is 1070. The first-order valence-corrected chi connectivity index (χ1v) is 10.5. The van der Waals surface area contributed by atoms with E-state index in [4.69, 9.17) is 18.9 Å². The van der Waals surface area contributed by atoms with Crippen LogP contribution in [0.1, 0.15) is 25.0 Å². The molecule has 0 N–H and O–H groups in total. The molecule has 0 fully saturated rings. The summed E-state index contributed by atoms with van der Waals surface area (Å²) in [6.07, 6.45) is 1.54. The predicted molar refractivity (Wildman–Crippen MR) is 119 cm³/mol. The lowest BCUT2D eigenvalue weighted by Crippen LogP contribution is -2.15. The van der Waals surface area contributed by atoms with E-state index < -0.39 is 17.8 Å². The Morgan fingerprint density at radius 3 is 2.71 bits per heavy atom. The Balaban J connectivity index is 1.89. The summed E-state index contributed by atoms with van der Waals surface area (Å²) in [5, 5.41) is 0. The molecule has 0 spiro atoms. The summed E-state index contributed by atoms with van der Waals surface area (Å²) in [5.41, 5.74) is 1.05. The minimum atomic E-state index is -0.644. The van der Waals surface area contributed by atoms with Crippen LogP contribution in [0, 0.1) is 9.39 Å². The van der Waals surface area contributed by atoms with Crippen LogP contribution >= 0.6 is 22.6 Å². The lowest BCUT2D eigenvalue weighted by Gasteiger charge is -2.14. The molecule has 0 bridgehead atoms. The van der Waals surface area contributed by atoms with Crippen molar-refractivity contribution in [3.63, 3.8) is 0 Å². The number of benzene rings is 2. The second-order valence-electron chi connectivity index (χ2n) is 6.20. The SMILES string of the molecule is CCOC(=O)COc1c(I)cc(/C=C2\N=C(c3cccc(F)c3)OC2=O)cc1OCC. The number of aliphatic imine (C=N–C) groups is 1. The maximum Gasteiger partial charge on any atom is 0.363 e. The Labute approximate surface area is 192 Å². The van der Waals surface area contributed by atoms with Gasteiger partial charge in [0, 0.05) is 5.56 Å². The van der Waals surface area contributed by atoms with Crippen LogP contribution in [0.5, 0.6) is 11.5 Å². The number of rotatable bonds is 8. The van der Waals surface area contributed by atoms with Crippen molar-refractivity contribution in [3.05, 3.63) is 62.6 Å². The second kappa shape index (κ2) is 10.4. The highest BCUT2D eigenvalue weighted by molar-refractivity contribution is 14.1. The molecule has 31 heavy (non-hydrogen) atoms. The monoisotopic (exact) mass is 539 g/mol. The fourth-order valence-electron chi connectivity index (χ4n) is 2.72. The molecule has 0 aromatic heterocycles. The average Bonchev–Trinajstić information content (AvgIpc) is 3.08. The van der Waals surface area contributed by atoms with Gasteiger partial charge in [0.1, 0.15) is 5.82 Å². The molecule has 0 saturated heterocycles. The Morgan fingerprint density at radius 2 is 2.00 bits per heavy atom. The largest absolute Gasteiger partial charge is 0.490 e. The zero-order valence-corrected chi connectivity index (χ0v) is 19.0. The minimum absolute atomic E-state index is 0.0323. The fourth-order valence-corrected chi connectivity index (χ4v) is 3.50. The van der Waals surface area contributed by atoms with Crippen LogP contribution in [0.3, 0.4) is 0 Å². The highest BCUT2D eigenvalue weighted by Gasteiger charge is 2.25. The Morgan fingerprint density at radius 1 is 1.19 bits per heavy atom. The van der Waals surface area contributed by atoms with Crippen molar-refractivity contribution in [3.8, 4) is 11.5 Å². The standard InChI is InChI=1S/C22H19FINO6/c1-3-28-18-10-13(8-16(24)20(18)30-12-19(26)29-4-2)9-17-22(27)31-21(25-17)14-6-5-7-15(23)11-14/h5-11H,3-4,12H2,1-2H3/b17-9-. The minimum Gasteiger partial charge on any atom is -0.490 e. The molecule has 0 radical (unpaired) electrons. The quantitative estimate of drug-likeness (QED) is 0.285. The highest BCUT2D eigenvalue weighted by Crippen LogP contribution is 2.35. The van der Waals surface area contributed by atoms with Gasteiger partial charge >= 0.3 is 11.9 Å². The molecule has 0 aliphatic carbocycles. The summed E-state index contributed by atoms with van der Waals surface area (Å²) in [7, 11) is 0. The first-order chi connectivity index (χ1) is 14.9. The topological polar surface area (TPSA) is 83.4 Å². The van der Waals surface area contributed by atoms with E-state index in [1.807, 2.05) is 29.5 Å². The number of halogens is 2. The third-order valence-corrected chi connectivity index (χ3v) is 4.77. The van der Waals surface area contributed by atoms with Crippen LogP contribution in [0.4, 0.5) is 4.39 Å². The van der Waals surface area contributed by atoms with Gasteiger partial charge < -0.3 is 18.9 Å². The van der Waals surface area contributed by atoms with Crippen LogP contribution < -0.4 is 9.47 Å². The molecule has 7 nitrogen and oxygen atoms in total. The first-order valence-electron chi connectivity index (χ1n) is 9.44. The van der Waals surface area contributed by atoms with E-state index in [0.29, 0.717) is 32.8 Å². The van der Waals surface area contributed by atoms with Gasteiger partial charge in [-0.15, -0.1) is 0 Å². The van der Waals surface area contributed by atoms with Gasteiger partial charge in [0.05, 0.1) is 16.8 Å². The van der Waals surface area contributed by atoms with E-state index in [1.54, 1.807) is 25.1 Å². The molecular formula is C22H19FINO6. The fraction of sp³-hybridized carbons (Fsp3) is 0.227. The van der Waals surface area contributed by atoms with E-state index in [-0.39, 0.29) is 24.8 Å². The smallest absolute Gasteiger partial charge is 0.363 e. The van der Waals surface area contributed by atoms with Gasteiger partial charge in [0.15, 0.2) is 23.8 Å². The predicted octanol–water partition coefficient (Wildman–Crippen LogP) is 4.12. The first kappa shape index (κ1) is 22.7. The maximum absolute atomic E-state index is 13.5. The summed E-state index contributed by atoms with van der Waals surface area (Å²) in [4.78, 5) is 28.0. The van der Waals surface area contributed by atoms with Crippen LogP contribution in [0.15, 0.2) is 47.1 Å². The summed E-state index contributed by atoms with van der Waals surface area (Å²) in [6, 6.07) is 9.06. The van der Waals surface area contributed by atoms with Crippen molar-refractivity contribution in [2.75, 3.05) is 19.8 Å². The third-order valence-electron chi connectivity index (χ3n) is 3.97. The lowest BCUT2D eigenvalue weighted by molar-refractivity contribution is -0.145. The average molecular weight is 539 g/mol. The number of esters is 2. The van der Waals surface area contributed by atoms with E-state index in [1.165, 1.54) is 24.3 Å². The van der Waals surface area contributed by atoms with Crippen molar-refractivity contribution in [1.29, 1.82) is 0 Å². The zero-order valence-electron chi connectivity index (χ0n) is 16.8. The van der Waals surface area contributed by atoms with Gasteiger partial charge in [-0.1, -0.05) is 6.07 Å². The van der Waals surface area contributed by atoms with E-state index in [0.717, 1.165) is 0 Å². The van der Waals surface area contributed by atoms with Crippen molar-refractivity contribution in [2.45, 2.75) is 13.8 Å².